The molecule has 0 saturated heterocycles. The van der Waals surface area contributed by atoms with Crippen molar-refractivity contribution in [2.45, 2.75) is 0 Å². The molecular formula is H2ErLaSrTiZr. The van der Waals surface area contributed by atoms with Gasteiger partial charge in [0.15, 0.2) is 0 Å². The van der Waals surface area contributed by atoms with Crippen LogP contribution in [0.25, 0.3) is 0 Å². The molecule has 0 nitrogen and oxygen atoms in total. The molecule has 0 aromatic rings. The second kappa shape index (κ2) is 22.7. The zero-order valence-corrected chi connectivity index (χ0v) is 11.4. The van der Waals surface area contributed by atoms with Gasteiger partial charge in [-0.05, 0) is 0 Å². The van der Waals surface area contributed by atoms with E-state index in [-0.39, 0.29) is 166 Å². The van der Waals surface area contributed by atoms with Crippen molar-refractivity contribution >= 4 is 45.5 Å². The molecule has 0 fully saturated rings. The van der Waals surface area contributed by atoms with Crippen LogP contribution in [0.3, 0.4) is 0 Å². The minimum absolute atomic E-state index is 0. The first-order valence-electron chi connectivity index (χ1n) is 0. The topological polar surface area (TPSA) is 0 Å². The SMILES string of the molecule is [Er].[La].[SrH2].[Ti].[Zr]. The second-order valence-corrected chi connectivity index (χ2v) is 0. The monoisotopic (exact) mass is 533 g/mol. The summed E-state index contributed by atoms with van der Waals surface area (Å²) in [5, 5.41) is 0. The van der Waals surface area contributed by atoms with E-state index in [4.69, 9.17) is 0 Å². The van der Waals surface area contributed by atoms with E-state index in [1.165, 1.54) is 0 Å². The smallest absolute Gasteiger partial charge is 0 e. The molecule has 0 aromatic carbocycles. The van der Waals surface area contributed by atoms with E-state index in [1.54, 1.807) is 0 Å². The molecule has 0 saturated carbocycles. The predicted molar refractivity (Wildman–Crippen MR) is 8.54 cm³/mol. The van der Waals surface area contributed by atoms with E-state index >= 15 is 0 Å². The number of hydrogen-bond acceptors (Lipinski definition) is 0. The molecule has 0 rings (SSSR count). The zero-order chi connectivity index (χ0) is 0. The molecular weight excluding hydrogens is 533 g/mol. The van der Waals surface area contributed by atoms with Crippen LogP contribution in [0.2, 0.25) is 0 Å². The van der Waals surface area contributed by atoms with Crippen LogP contribution < -0.4 is 0 Å². The summed E-state index contributed by atoms with van der Waals surface area (Å²) in [4.78, 5) is 0. The van der Waals surface area contributed by atoms with Gasteiger partial charge in [0.25, 0.3) is 0 Å². The summed E-state index contributed by atoms with van der Waals surface area (Å²) >= 11 is 0. The van der Waals surface area contributed by atoms with Gasteiger partial charge in [-0.15, -0.1) is 0 Å². The Morgan fingerprint density at radius 3 is 1.00 bits per heavy atom. The Kier molecular flexibility index (Phi) is 142. The minimum atomic E-state index is 0. The Morgan fingerprint density at radius 2 is 1.00 bits per heavy atom. The standard InChI is InChI=1S/Er.La.Sr.Ti.Zr.2H. The molecule has 0 aliphatic rings. The fraction of sp³-hybridized carbons (Fsp3) is 0. The van der Waals surface area contributed by atoms with E-state index in [9.17, 15) is 0 Å². The van der Waals surface area contributed by atoms with Crippen molar-refractivity contribution in [3.05, 3.63) is 0 Å². The van der Waals surface area contributed by atoms with Gasteiger partial charge < -0.3 is 0 Å². The molecule has 0 heterocycles. The normalized spacial score (nSPS) is 0. The average Bonchev–Trinajstić information content (AvgIpc) is 0. The zero-order valence-electron chi connectivity index (χ0n) is 1.87. The molecule has 0 aromatic heterocycles. The van der Waals surface area contributed by atoms with Crippen molar-refractivity contribution in [3.63, 3.8) is 0 Å². The maximum absolute atomic E-state index is 0. The van der Waals surface area contributed by atoms with Crippen LogP contribution in [-0.2, 0) is 47.9 Å². The van der Waals surface area contributed by atoms with Gasteiger partial charge in [-0.25, -0.2) is 0 Å². The molecule has 5 heavy (non-hydrogen) atoms. The third-order valence-electron chi connectivity index (χ3n) is 0. The fourth-order valence-corrected chi connectivity index (χ4v) is 0. The van der Waals surface area contributed by atoms with Gasteiger partial charge in [0, 0.05) is 121 Å². The Bertz CT molecular complexity index is 11.6. The molecule has 27 valence electrons. The van der Waals surface area contributed by atoms with Gasteiger partial charge in [0.05, 0.1) is 0 Å². The van der Waals surface area contributed by atoms with Crippen LogP contribution >= 0.6 is 0 Å². The Labute approximate surface area is 161 Å². The second-order valence-electron chi connectivity index (χ2n) is 0. The summed E-state index contributed by atoms with van der Waals surface area (Å²) in [7, 11) is 0. The molecule has 1 radical (unpaired) electrons. The molecule has 0 amide bonds. The van der Waals surface area contributed by atoms with Crippen molar-refractivity contribution in [2.24, 2.45) is 0 Å². The Morgan fingerprint density at radius 1 is 1.00 bits per heavy atom. The molecule has 0 unspecified atom stereocenters. The molecule has 0 N–H and O–H groups in total. The van der Waals surface area contributed by atoms with Crippen molar-refractivity contribution in [3.8, 4) is 0 Å². The molecule has 0 aliphatic heterocycles. The molecule has 5 heteroatoms. The molecule has 0 atom stereocenters. The summed E-state index contributed by atoms with van der Waals surface area (Å²) in [5.41, 5.74) is 0. The average molecular weight is 535 g/mol. The number of rotatable bonds is 0. The van der Waals surface area contributed by atoms with Crippen LogP contribution in [0.4, 0.5) is 0 Å². The predicted octanol–water partition coefficient (Wildman–Crippen LogP) is -0.921. The Hall–Kier alpha value is 5.52. The fourth-order valence-electron chi connectivity index (χ4n) is 0. The third-order valence-corrected chi connectivity index (χ3v) is 0. The van der Waals surface area contributed by atoms with Crippen molar-refractivity contribution in [1.29, 1.82) is 0 Å². The van der Waals surface area contributed by atoms with Crippen LogP contribution in [0, 0.1) is 72.9 Å². The van der Waals surface area contributed by atoms with Crippen LogP contribution in [0.15, 0.2) is 0 Å². The van der Waals surface area contributed by atoms with E-state index < -0.39 is 0 Å². The summed E-state index contributed by atoms with van der Waals surface area (Å²) < 4.78 is 0. The first-order valence-corrected chi connectivity index (χ1v) is 0. The van der Waals surface area contributed by atoms with E-state index in [1.807, 2.05) is 0 Å². The van der Waals surface area contributed by atoms with Gasteiger partial charge in [-0.3, -0.25) is 0 Å². The third kappa shape index (κ3) is 17.7. The molecule has 0 aliphatic carbocycles. The quantitative estimate of drug-likeness (QED) is 0.353. The van der Waals surface area contributed by atoms with Crippen LogP contribution in [-0.4, -0.2) is 45.5 Å². The minimum Gasteiger partial charge on any atom is 0 e. The summed E-state index contributed by atoms with van der Waals surface area (Å²) in [6.45, 7) is 0. The van der Waals surface area contributed by atoms with Gasteiger partial charge in [0.1, 0.15) is 0 Å². The van der Waals surface area contributed by atoms with E-state index in [0.29, 0.717) is 0 Å². The van der Waals surface area contributed by atoms with Gasteiger partial charge in [-0.1, -0.05) is 0 Å². The number of hydrogen-bond donors (Lipinski definition) is 0. The van der Waals surface area contributed by atoms with Gasteiger partial charge in [-0.2, -0.15) is 0 Å². The first-order chi connectivity index (χ1) is 0. The van der Waals surface area contributed by atoms with Crippen molar-refractivity contribution in [2.75, 3.05) is 0 Å². The summed E-state index contributed by atoms with van der Waals surface area (Å²) in [5.74, 6) is 0. The van der Waals surface area contributed by atoms with E-state index in [2.05, 4.69) is 0 Å². The Balaban J connectivity index is 0. The van der Waals surface area contributed by atoms with E-state index in [0.717, 1.165) is 0 Å². The van der Waals surface area contributed by atoms with Crippen LogP contribution in [0.5, 0.6) is 0 Å². The summed E-state index contributed by atoms with van der Waals surface area (Å²) in [6.07, 6.45) is 0. The first kappa shape index (κ1) is 31.3. The van der Waals surface area contributed by atoms with Crippen molar-refractivity contribution in [1.82, 2.24) is 0 Å². The maximum Gasteiger partial charge on any atom is 0 e. The largest absolute Gasteiger partial charge is 0 e. The molecule has 0 spiro atoms. The summed E-state index contributed by atoms with van der Waals surface area (Å²) in [6, 6.07) is 0. The van der Waals surface area contributed by atoms with Gasteiger partial charge >= 0.3 is 45.5 Å². The maximum atomic E-state index is 0. The van der Waals surface area contributed by atoms with Crippen molar-refractivity contribution < 1.29 is 121 Å². The molecule has 0 bridgehead atoms. The van der Waals surface area contributed by atoms with Gasteiger partial charge in [0.2, 0.25) is 0 Å². The van der Waals surface area contributed by atoms with Crippen LogP contribution in [0.1, 0.15) is 0 Å².